The number of carbonyl (C=O) groups excluding carboxylic acids is 1. The van der Waals surface area contributed by atoms with Crippen molar-refractivity contribution in [2.24, 2.45) is 0 Å². The van der Waals surface area contributed by atoms with E-state index in [-0.39, 0.29) is 18.7 Å². The number of benzene rings is 1. The Kier molecular flexibility index (Phi) is 2.67. The van der Waals surface area contributed by atoms with Crippen LogP contribution in [-0.4, -0.2) is 23.7 Å². The van der Waals surface area contributed by atoms with Gasteiger partial charge in [0.05, 0.1) is 5.02 Å². The summed E-state index contributed by atoms with van der Waals surface area (Å²) in [6.45, 7) is 1.65. The Bertz CT molecular complexity index is 620. The second-order valence-electron chi connectivity index (χ2n) is 4.36. The minimum Gasteiger partial charge on any atom is -0.485 e. The van der Waals surface area contributed by atoms with Crippen LogP contribution in [0.5, 0.6) is 5.75 Å². The van der Waals surface area contributed by atoms with Gasteiger partial charge >= 0.3 is 5.97 Å². The lowest BCUT2D eigenvalue weighted by molar-refractivity contribution is -0.143. The molecule has 18 heavy (non-hydrogen) atoms. The zero-order valence-corrected chi connectivity index (χ0v) is 10.6. The van der Waals surface area contributed by atoms with Crippen LogP contribution in [-0.2, 0) is 16.0 Å². The summed E-state index contributed by atoms with van der Waals surface area (Å²) in [6, 6.07) is 3.95. The predicted octanol–water partition coefficient (Wildman–Crippen LogP) is 2.69. The third-order valence-corrected chi connectivity index (χ3v) is 3.40. The van der Waals surface area contributed by atoms with Gasteiger partial charge in [-0.15, -0.1) is 0 Å². The van der Waals surface area contributed by atoms with Gasteiger partial charge < -0.3 is 14.5 Å². The molecular formula is C13H12ClNO3. The zero-order chi connectivity index (χ0) is 12.7. The molecule has 4 nitrogen and oxygen atoms in total. The molecule has 5 heteroatoms. The fraction of sp³-hybridized carbons (Fsp3) is 0.308. The Morgan fingerprint density at radius 1 is 1.67 bits per heavy atom. The standard InChI is InChI=1S/C13H12ClNO3/c1-7(16)17-6-9-4-8-5-11-10(2-3-15-11)12(14)13(8)18-9/h2-3,5,9,15H,4,6H2,1H3. The van der Waals surface area contributed by atoms with Crippen LogP contribution in [0.15, 0.2) is 18.3 Å². The Morgan fingerprint density at radius 2 is 2.50 bits per heavy atom. The molecule has 2 heterocycles. The number of carbonyl (C=O) groups is 1. The number of esters is 1. The molecule has 1 aromatic heterocycles. The highest BCUT2D eigenvalue weighted by atomic mass is 35.5. The van der Waals surface area contributed by atoms with Gasteiger partial charge in [-0.25, -0.2) is 0 Å². The van der Waals surface area contributed by atoms with Crippen molar-refractivity contribution in [1.82, 2.24) is 4.98 Å². The molecule has 0 saturated heterocycles. The van der Waals surface area contributed by atoms with Crippen molar-refractivity contribution in [3.8, 4) is 5.75 Å². The molecule has 1 atom stereocenters. The Balaban J connectivity index is 1.88. The van der Waals surface area contributed by atoms with Crippen LogP contribution in [0.2, 0.25) is 5.02 Å². The number of aromatic nitrogens is 1. The van der Waals surface area contributed by atoms with Crippen LogP contribution in [0.3, 0.4) is 0 Å². The first kappa shape index (κ1) is 11.4. The third kappa shape index (κ3) is 1.82. The SMILES string of the molecule is CC(=O)OCC1Cc2cc3[nH]ccc3c(Cl)c2O1. The molecule has 1 N–H and O–H groups in total. The first-order valence-electron chi connectivity index (χ1n) is 5.73. The maximum absolute atomic E-state index is 10.8. The summed E-state index contributed by atoms with van der Waals surface area (Å²) in [5, 5.41) is 1.57. The minimum atomic E-state index is -0.298. The highest BCUT2D eigenvalue weighted by Gasteiger charge is 2.27. The smallest absolute Gasteiger partial charge is 0.302 e. The molecule has 94 valence electrons. The molecule has 2 aromatic rings. The summed E-state index contributed by atoms with van der Waals surface area (Å²) < 4.78 is 10.7. The van der Waals surface area contributed by atoms with E-state index in [0.717, 1.165) is 16.5 Å². The summed E-state index contributed by atoms with van der Waals surface area (Å²) in [5.41, 5.74) is 2.04. The van der Waals surface area contributed by atoms with Gasteiger partial charge in [0.1, 0.15) is 18.5 Å². The fourth-order valence-electron chi connectivity index (χ4n) is 2.23. The van der Waals surface area contributed by atoms with Crippen molar-refractivity contribution in [1.29, 1.82) is 0 Å². The molecule has 3 rings (SSSR count). The van der Waals surface area contributed by atoms with Crippen LogP contribution in [0.1, 0.15) is 12.5 Å². The van der Waals surface area contributed by atoms with E-state index in [4.69, 9.17) is 21.1 Å². The van der Waals surface area contributed by atoms with Crippen molar-refractivity contribution in [3.05, 3.63) is 28.9 Å². The number of rotatable bonds is 2. The molecule has 0 radical (unpaired) electrons. The topological polar surface area (TPSA) is 51.3 Å². The number of nitrogens with one attached hydrogen (secondary N) is 1. The largest absolute Gasteiger partial charge is 0.485 e. The van der Waals surface area contributed by atoms with Gasteiger partial charge in [0.15, 0.2) is 0 Å². The summed E-state index contributed by atoms with van der Waals surface area (Å²) in [7, 11) is 0. The lowest BCUT2D eigenvalue weighted by atomic mass is 10.1. The van der Waals surface area contributed by atoms with Gasteiger partial charge in [0, 0.05) is 36.0 Å². The third-order valence-electron chi connectivity index (χ3n) is 3.03. The first-order chi connectivity index (χ1) is 8.65. The average molecular weight is 266 g/mol. The second-order valence-corrected chi connectivity index (χ2v) is 4.74. The van der Waals surface area contributed by atoms with Crippen molar-refractivity contribution >= 4 is 28.5 Å². The number of halogens is 1. The van der Waals surface area contributed by atoms with E-state index < -0.39 is 0 Å². The highest BCUT2D eigenvalue weighted by molar-refractivity contribution is 6.37. The quantitative estimate of drug-likeness (QED) is 0.850. The molecule has 0 spiro atoms. The zero-order valence-electron chi connectivity index (χ0n) is 9.83. The van der Waals surface area contributed by atoms with Gasteiger partial charge in [0.25, 0.3) is 0 Å². The molecular weight excluding hydrogens is 254 g/mol. The number of H-pyrrole nitrogens is 1. The van der Waals surface area contributed by atoms with Crippen LogP contribution >= 0.6 is 11.6 Å². The Hall–Kier alpha value is -1.68. The number of aromatic amines is 1. The summed E-state index contributed by atoms with van der Waals surface area (Å²) in [6.07, 6.45) is 2.41. The summed E-state index contributed by atoms with van der Waals surface area (Å²) in [5.74, 6) is 0.411. The monoisotopic (exact) mass is 265 g/mol. The molecule has 0 bridgehead atoms. The first-order valence-corrected chi connectivity index (χ1v) is 6.11. The predicted molar refractivity (Wildman–Crippen MR) is 68.1 cm³/mol. The van der Waals surface area contributed by atoms with E-state index in [9.17, 15) is 4.79 Å². The number of fused-ring (bicyclic) bond motifs is 2. The molecule has 0 fully saturated rings. The lowest BCUT2D eigenvalue weighted by Crippen LogP contribution is -2.21. The Labute approximate surface area is 109 Å². The van der Waals surface area contributed by atoms with Crippen molar-refractivity contribution in [2.75, 3.05) is 6.61 Å². The Morgan fingerprint density at radius 3 is 3.28 bits per heavy atom. The van der Waals surface area contributed by atoms with Crippen molar-refractivity contribution < 1.29 is 14.3 Å². The van der Waals surface area contributed by atoms with E-state index in [1.165, 1.54) is 6.92 Å². The summed E-state index contributed by atoms with van der Waals surface area (Å²) >= 11 is 6.30. The van der Waals surface area contributed by atoms with E-state index in [2.05, 4.69) is 4.98 Å². The number of ether oxygens (including phenoxy) is 2. The van der Waals surface area contributed by atoms with Crippen LogP contribution in [0, 0.1) is 0 Å². The van der Waals surface area contributed by atoms with Crippen molar-refractivity contribution in [2.45, 2.75) is 19.4 Å². The lowest BCUT2D eigenvalue weighted by Gasteiger charge is -2.10. The number of hydrogen-bond donors (Lipinski definition) is 1. The van der Waals surface area contributed by atoms with Gasteiger partial charge in [0.2, 0.25) is 0 Å². The molecule has 1 aliphatic heterocycles. The summed E-state index contributed by atoms with van der Waals surface area (Å²) in [4.78, 5) is 13.9. The van der Waals surface area contributed by atoms with E-state index in [1.54, 1.807) is 0 Å². The normalized spacial score (nSPS) is 17.6. The molecule has 0 amide bonds. The molecule has 1 aromatic carbocycles. The molecule has 0 saturated carbocycles. The highest BCUT2D eigenvalue weighted by Crippen LogP contribution is 2.40. The van der Waals surface area contributed by atoms with Crippen molar-refractivity contribution in [3.63, 3.8) is 0 Å². The fourth-order valence-corrected chi connectivity index (χ4v) is 2.56. The van der Waals surface area contributed by atoms with Gasteiger partial charge in [-0.2, -0.15) is 0 Å². The average Bonchev–Trinajstić information content (AvgIpc) is 2.92. The molecule has 1 aliphatic rings. The van der Waals surface area contributed by atoms with E-state index in [0.29, 0.717) is 17.2 Å². The van der Waals surface area contributed by atoms with Crippen LogP contribution in [0.25, 0.3) is 10.9 Å². The maximum atomic E-state index is 10.8. The van der Waals surface area contributed by atoms with E-state index >= 15 is 0 Å². The van der Waals surface area contributed by atoms with Crippen LogP contribution in [0.4, 0.5) is 0 Å². The van der Waals surface area contributed by atoms with Crippen LogP contribution < -0.4 is 4.74 Å². The van der Waals surface area contributed by atoms with E-state index in [1.807, 2.05) is 18.3 Å². The van der Waals surface area contributed by atoms with Gasteiger partial charge in [-0.1, -0.05) is 11.6 Å². The molecule has 1 unspecified atom stereocenters. The second kappa shape index (κ2) is 4.21. The maximum Gasteiger partial charge on any atom is 0.302 e. The minimum absolute atomic E-state index is 0.145. The molecule has 0 aliphatic carbocycles. The van der Waals surface area contributed by atoms with Gasteiger partial charge in [-0.3, -0.25) is 4.79 Å². The van der Waals surface area contributed by atoms with Gasteiger partial charge in [-0.05, 0) is 12.1 Å². The number of hydrogen-bond acceptors (Lipinski definition) is 3.